The summed E-state index contributed by atoms with van der Waals surface area (Å²) < 4.78 is 8.54. The molecule has 1 N–H and O–H groups in total. The summed E-state index contributed by atoms with van der Waals surface area (Å²) in [5, 5.41) is 8.32. The van der Waals surface area contributed by atoms with Crippen LogP contribution in [0.3, 0.4) is 0 Å². The molecule has 5 nitrogen and oxygen atoms in total. The van der Waals surface area contributed by atoms with Crippen LogP contribution in [0.1, 0.15) is 47.8 Å². The molecule has 9 aromatic rings. The molecule has 0 amide bonds. The predicted molar refractivity (Wildman–Crippen MR) is 217 cm³/mol. The summed E-state index contributed by atoms with van der Waals surface area (Å²) in [4.78, 5) is 10.4. The average molecular weight is 683 g/mol. The molecular weight excluding hydrogens is 649 g/mol. The van der Waals surface area contributed by atoms with Crippen LogP contribution in [-0.2, 0) is 5.41 Å². The first kappa shape index (κ1) is 30.0. The third-order valence-electron chi connectivity index (χ3n) is 11.2. The first-order valence-corrected chi connectivity index (χ1v) is 18.2. The molecule has 0 saturated carbocycles. The summed E-state index contributed by atoms with van der Waals surface area (Å²) in [6.45, 7) is 4.73. The van der Waals surface area contributed by atoms with Crippen LogP contribution in [0.15, 0.2) is 172 Å². The molecule has 1 aliphatic carbocycles. The summed E-state index contributed by atoms with van der Waals surface area (Å²) in [7, 11) is 0. The van der Waals surface area contributed by atoms with Gasteiger partial charge in [-0.25, -0.2) is 9.98 Å². The van der Waals surface area contributed by atoms with Crippen molar-refractivity contribution in [3.8, 4) is 16.8 Å². The molecule has 2 aromatic heterocycles. The Morgan fingerprint density at radius 2 is 1.26 bits per heavy atom. The first-order chi connectivity index (χ1) is 26.0. The lowest BCUT2D eigenvalue weighted by Crippen LogP contribution is -2.36. The van der Waals surface area contributed by atoms with E-state index in [9.17, 15) is 0 Å². The minimum Gasteiger partial charge on any atom is -0.456 e. The number of fused-ring (bicyclic) bond motifs is 10. The molecule has 252 valence electrons. The number of hydrogen-bond acceptors (Lipinski definition) is 4. The van der Waals surface area contributed by atoms with Crippen LogP contribution in [0.5, 0.6) is 0 Å². The highest BCUT2D eigenvalue weighted by atomic mass is 16.3. The first-order valence-electron chi connectivity index (χ1n) is 18.2. The third-order valence-corrected chi connectivity index (χ3v) is 11.2. The monoisotopic (exact) mass is 682 g/mol. The molecule has 1 unspecified atom stereocenters. The van der Waals surface area contributed by atoms with E-state index in [1.165, 1.54) is 44.1 Å². The van der Waals surface area contributed by atoms with E-state index in [1.54, 1.807) is 0 Å². The van der Waals surface area contributed by atoms with Crippen molar-refractivity contribution in [1.29, 1.82) is 0 Å². The highest BCUT2D eigenvalue weighted by Crippen LogP contribution is 2.53. The van der Waals surface area contributed by atoms with Crippen LogP contribution in [-0.4, -0.2) is 16.2 Å². The van der Waals surface area contributed by atoms with E-state index in [1.807, 2.05) is 42.5 Å². The lowest BCUT2D eigenvalue weighted by atomic mass is 9.80. The van der Waals surface area contributed by atoms with Crippen LogP contribution in [0.25, 0.3) is 60.6 Å². The van der Waals surface area contributed by atoms with Crippen LogP contribution in [0.4, 0.5) is 0 Å². The van der Waals surface area contributed by atoms with Gasteiger partial charge in [-0.05, 0) is 76.3 Å². The van der Waals surface area contributed by atoms with E-state index in [2.05, 4.69) is 139 Å². The zero-order valence-corrected chi connectivity index (χ0v) is 29.3. The standard InChI is InChI=1S/C48H34N4O/c1-48(2)38-17-9-6-14-33(38)35-25-26-40-43(44(35)48)36-16-7-10-18-39(36)52(40)32-23-20-30(21-24-32)46-49-45(29-12-4-3-5-13-29)50-47(51-46)31-22-27-42-37(28-31)34-15-8-11-19-41(34)53-42/h3-28,46H,1-2H3,(H,49,50,51). The predicted octanol–water partition coefficient (Wildman–Crippen LogP) is 11.5. The second-order valence-corrected chi connectivity index (χ2v) is 14.6. The van der Waals surface area contributed by atoms with Crippen LogP contribution in [0, 0.1) is 0 Å². The van der Waals surface area contributed by atoms with Gasteiger partial charge in [-0.15, -0.1) is 0 Å². The Labute approximate surface area is 306 Å². The van der Waals surface area contributed by atoms with Crippen LogP contribution in [0.2, 0.25) is 0 Å². The van der Waals surface area contributed by atoms with E-state index in [0.717, 1.165) is 56.0 Å². The van der Waals surface area contributed by atoms with Crippen molar-refractivity contribution in [2.45, 2.75) is 25.4 Å². The lowest BCUT2D eigenvalue weighted by molar-refractivity contribution is 0.666. The number of hydrogen-bond donors (Lipinski definition) is 1. The van der Waals surface area contributed by atoms with Gasteiger partial charge in [0.15, 0.2) is 6.17 Å². The van der Waals surface area contributed by atoms with E-state index in [-0.39, 0.29) is 5.41 Å². The largest absolute Gasteiger partial charge is 0.456 e. The van der Waals surface area contributed by atoms with E-state index >= 15 is 0 Å². The Morgan fingerprint density at radius 3 is 2.11 bits per heavy atom. The number of nitrogens with zero attached hydrogens (tertiary/aromatic N) is 3. The van der Waals surface area contributed by atoms with Gasteiger partial charge in [-0.1, -0.05) is 123 Å². The summed E-state index contributed by atoms with van der Waals surface area (Å²) in [6, 6.07) is 55.8. The molecule has 11 rings (SSSR count). The van der Waals surface area contributed by atoms with Gasteiger partial charge in [-0.2, -0.15) is 0 Å². The van der Waals surface area contributed by atoms with Crippen molar-refractivity contribution < 1.29 is 4.42 Å². The highest BCUT2D eigenvalue weighted by Gasteiger charge is 2.38. The highest BCUT2D eigenvalue weighted by molar-refractivity contribution is 6.18. The Balaban J connectivity index is 1.04. The van der Waals surface area contributed by atoms with E-state index in [4.69, 9.17) is 14.4 Å². The smallest absolute Gasteiger partial charge is 0.169 e. The number of furan rings is 1. The number of amidine groups is 2. The van der Waals surface area contributed by atoms with Crippen molar-refractivity contribution >= 4 is 55.4 Å². The van der Waals surface area contributed by atoms with Crippen LogP contribution < -0.4 is 5.32 Å². The molecule has 5 heteroatoms. The normalized spacial score (nSPS) is 16.1. The quantitative estimate of drug-likeness (QED) is 0.201. The fraction of sp³-hybridized carbons (Fsp3) is 0.0833. The minimum atomic E-state index is -0.423. The molecule has 1 aliphatic heterocycles. The molecule has 7 aromatic carbocycles. The molecule has 0 saturated heterocycles. The molecule has 3 heterocycles. The average Bonchev–Trinajstić information content (AvgIpc) is 3.83. The maximum Gasteiger partial charge on any atom is 0.169 e. The summed E-state index contributed by atoms with van der Waals surface area (Å²) >= 11 is 0. The van der Waals surface area contributed by atoms with Crippen LogP contribution >= 0.6 is 0 Å². The maximum absolute atomic E-state index is 6.13. The topological polar surface area (TPSA) is 54.8 Å². The number of nitrogens with one attached hydrogen (secondary N) is 1. The zero-order chi connectivity index (χ0) is 35.3. The summed E-state index contributed by atoms with van der Waals surface area (Å²) in [6.07, 6.45) is -0.423. The van der Waals surface area contributed by atoms with Crippen molar-refractivity contribution in [1.82, 2.24) is 9.88 Å². The van der Waals surface area contributed by atoms with Gasteiger partial charge >= 0.3 is 0 Å². The number of para-hydroxylation sites is 2. The summed E-state index contributed by atoms with van der Waals surface area (Å²) in [5.74, 6) is 1.57. The van der Waals surface area contributed by atoms with Crippen molar-refractivity contribution in [3.63, 3.8) is 0 Å². The molecule has 0 bridgehead atoms. The van der Waals surface area contributed by atoms with E-state index < -0.39 is 6.17 Å². The molecule has 1 atom stereocenters. The Bertz CT molecular complexity index is 3000. The fourth-order valence-electron chi connectivity index (χ4n) is 8.77. The second kappa shape index (κ2) is 11.1. The van der Waals surface area contributed by atoms with Gasteiger partial charge in [0, 0.05) is 43.8 Å². The van der Waals surface area contributed by atoms with Crippen molar-refractivity contribution in [2.24, 2.45) is 9.98 Å². The number of aromatic nitrogens is 1. The number of rotatable bonds is 4. The van der Waals surface area contributed by atoms with Crippen molar-refractivity contribution in [2.75, 3.05) is 0 Å². The van der Waals surface area contributed by atoms with Gasteiger partial charge in [0.2, 0.25) is 0 Å². The fourth-order valence-corrected chi connectivity index (χ4v) is 8.77. The number of benzene rings is 7. The molecular formula is C48H34N4O. The molecule has 53 heavy (non-hydrogen) atoms. The van der Waals surface area contributed by atoms with Gasteiger partial charge in [0.05, 0.1) is 11.0 Å². The molecule has 0 spiro atoms. The molecule has 0 radical (unpaired) electrons. The second-order valence-electron chi connectivity index (χ2n) is 14.6. The summed E-state index contributed by atoms with van der Waals surface area (Å²) in [5.41, 5.74) is 13.6. The zero-order valence-electron chi connectivity index (χ0n) is 29.3. The maximum atomic E-state index is 6.13. The van der Waals surface area contributed by atoms with E-state index in [0.29, 0.717) is 0 Å². The minimum absolute atomic E-state index is 0.112. The Hall–Kier alpha value is -6.72. The Morgan fingerprint density at radius 1 is 0.566 bits per heavy atom. The molecule has 0 fully saturated rings. The third kappa shape index (κ3) is 4.44. The SMILES string of the molecule is CC1(C)c2ccccc2-c2ccc3c(c21)c1ccccc1n3-c1ccc(C2N=C(c3ccccc3)NC(c3ccc4oc5ccccc5c4c3)=N2)cc1. The molecule has 2 aliphatic rings. The Kier molecular flexibility index (Phi) is 6.30. The number of aliphatic imine (C=N–C) groups is 2. The van der Waals surface area contributed by atoms with Gasteiger partial charge in [0.1, 0.15) is 22.8 Å². The van der Waals surface area contributed by atoms with Crippen molar-refractivity contribution in [3.05, 3.63) is 186 Å². The van der Waals surface area contributed by atoms with Gasteiger partial charge in [-0.3, -0.25) is 0 Å². The van der Waals surface area contributed by atoms with Gasteiger partial charge < -0.3 is 14.3 Å². The van der Waals surface area contributed by atoms with Gasteiger partial charge in [0.25, 0.3) is 0 Å². The lowest BCUT2D eigenvalue weighted by Gasteiger charge is -2.23.